The highest BCUT2D eigenvalue weighted by Crippen LogP contribution is 2.52. The Kier molecular flexibility index (Phi) is 5.25. The molecule has 0 atom stereocenters. The number of rotatable bonds is 6. The van der Waals surface area contributed by atoms with E-state index in [-0.39, 0.29) is 10.8 Å². The lowest BCUT2D eigenvalue weighted by Gasteiger charge is -2.21. The first kappa shape index (κ1) is 21.3. The molecule has 1 heterocycles. The van der Waals surface area contributed by atoms with Gasteiger partial charge in [0.2, 0.25) is 5.91 Å². The molecule has 0 saturated heterocycles. The summed E-state index contributed by atoms with van der Waals surface area (Å²) in [5, 5.41) is 0.484. The zero-order valence-corrected chi connectivity index (χ0v) is 18.9. The molecule has 1 aromatic heterocycles. The number of ether oxygens (including phenoxy) is 1. The molecule has 4 rings (SSSR count). The summed E-state index contributed by atoms with van der Waals surface area (Å²) < 4.78 is 34.2. The summed E-state index contributed by atoms with van der Waals surface area (Å²) in [5.41, 5.74) is 2.28. The lowest BCUT2D eigenvalue weighted by molar-refractivity contribution is -0.121. The van der Waals surface area contributed by atoms with Gasteiger partial charge in [-0.15, -0.1) is 0 Å². The van der Waals surface area contributed by atoms with Crippen molar-refractivity contribution in [1.82, 2.24) is 9.71 Å². The van der Waals surface area contributed by atoms with E-state index in [0.29, 0.717) is 29.5 Å². The van der Waals surface area contributed by atoms with E-state index in [0.717, 1.165) is 16.8 Å². The molecule has 0 spiro atoms. The van der Waals surface area contributed by atoms with Gasteiger partial charge >= 0.3 is 0 Å². The fourth-order valence-electron chi connectivity index (χ4n) is 3.94. The minimum atomic E-state index is -4.08. The van der Waals surface area contributed by atoms with E-state index in [1.165, 1.54) is 6.07 Å². The topological polar surface area (TPSA) is 85.4 Å². The van der Waals surface area contributed by atoms with E-state index in [9.17, 15) is 13.2 Å². The zero-order chi connectivity index (χ0) is 22.4. The third-order valence-electron chi connectivity index (χ3n) is 5.94. The van der Waals surface area contributed by atoms with Gasteiger partial charge in [0.25, 0.3) is 10.0 Å². The molecule has 0 radical (unpaired) electrons. The normalized spacial score (nSPS) is 15.1. The molecule has 7 heteroatoms. The van der Waals surface area contributed by atoms with Crippen molar-refractivity contribution < 1.29 is 17.9 Å². The van der Waals surface area contributed by atoms with Gasteiger partial charge in [-0.3, -0.25) is 9.78 Å². The van der Waals surface area contributed by atoms with Gasteiger partial charge < -0.3 is 4.74 Å². The molecule has 1 aliphatic carbocycles. The van der Waals surface area contributed by atoms with E-state index in [1.807, 2.05) is 25.1 Å². The monoisotopic (exact) mass is 438 g/mol. The van der Waals surface area contributed by atoms with Crippen LogP contribution in [0.2, 0.25) is 0 Å². The Hall–Kier alpha value is -2.93. The van der Waals surface area contributed by atoms with Gasteiger partial charge in [0.15, 0.2) is 0 Å². The highest BCUT2D eigenvalue weighted by atomic mass is 32.2. The van der Waals surface area contributed by atoms with Crippen LogP contribution in [0, 0.1) is 6.92 Å². The molecule has 1 saturated carbocycles. The van der Waals surface area contributed by atoms with Gasteiger partial charge in [-0.05, 0) is 61.6 Å². The smallest absolute Gasteiger partial charge is 0.264 e. The minimum Gasteiger partial charge on any atom is -0.496 e. The number of nitrogens with one attached hydrogen (secondary N) is 1. The van der Waals surface area contributed by atoms with E-state index in [1.54, 1.807) is 31.4 Å². The summed E-state index contributed by atoms with van der Waals surface area (Å²) in [7, 11) is -2.52. The van der Waals surface area contributed by atoms with Gasteiger partial charge in [0.05, 0.1) is 22.9 Å². The van der Waals surface area contributed by atoms with Crippen molar-refractivity contribution in [3.05, 3.63) is 65.4 Å². The molecule has 6 nitrogen and oxygen atoms in total. The maximum absolute atomic E-state index is 13.3. The van der Waals surface area contributed by atoms with Crippen LogP contribution in [0.4, 0.5) is 0 Å². The summed E-state index contributed by atoms with van der Waals surface area (Å²) in [6.45, 7) is 6.00. The molecule has 1 amide bonds. The van der Waals surface area contributed by atoms with Crippen molar-refractivity contribution in [3.63, 3.8) is 0 Å². The third-order valence-corrected chi connectivity index (χ3v) is 7.33. The van der Waals surface area contributed by atoms with Gasteiger partial charge in [0.1, 0.15) is 5.75 Å². The first-order valence-corrected chi connectivity index (χ1v) is 11.8. The maximum atomic E-state index is 13.3. The van der Waals surface area contributed by atoms with Crippen LogP contribution in [0.3, 0.4) is 0 Å². The molecule has 31 heavy (non-hydrogen) atoms. The predicted octanol–water partition coefficient (Wildman–Crippen LogP) is 4.21. The van der Waals surface area contributed by atoms with Crippen LogP contribution in [-0.2, 0) is 20.2 Å². The van der Waals surface area contributed by atoms with Crippen LogP contribution < -0.4 is 9.46 Å². The van der Waals surface area contributed by atoms with Crippen LogP contribution in [0.1, 0.15) is 49.4 Å². The summed E-state index contributed by atoms with van der Waals surface area (Å²) >= 11 is 0. The number of hydrogen-bond donors (Lipinski definition) is 1. The second-order valence-corrected chi connectivity index (χ2v) is 10.1. The first-order chi connectivity index (χ1) is 14.7. The van der Waals surface area contributed by atoms with E-state index in [4.69, 9.17) is 4.74 Å². The van der Waals surface area contributed by atoms with Crippen LogP contribution in [0.15, 0.2) is 53.4 Å². The van der Waals surface area contributed by atoms with Gasteiger partial charge in [-0.2, -0.15) is 0 Å². The van der Waals surface area contributed by atoms with Gasteiger partial charge in [-0.25, -0.2) is 13.1 Å². The molecule has 162 valence electrons. The number of amides is 1. The summed E-state index contributed by atoms with van der Waals surface area (Å²) in [6, 6.07) is 14.2. The molecular formula is C24H26N2O4S. The molecule has 1 N–H and O–H groups in total. The second-order valence-electron chi connectivity index (χ2n) is 8.41. The number of sulfonamides is 1. The van der Waals surface area contributed by atoms with Crippen molar-refractivity contribution in [2.24, 2.45) is 0 Å². The molecule has 0 aliphatic heterocycles. The zero-order valence-electron chi connectivity index (χ0n) is 18.1. The highest BCUT2D eigenvalue weighted by molar-refractivity contribution is 7.90. The largest absolute Gasteiger partial charge is 0.496 e. The summed E-state index contributed by atoms with van der Waals surface area (Å²) in [4.78, 5) is 17.7. The van der Waals surface area contributed by atoms with Crippen LogP contribution in [-0.4, -0.2) is 26.4 Å². The number of methoxy groups -OCH3 is 1. The molecule has 3 aromatic rings. The van der Waals surface area contributed by atoms with Crippen LogP contribution in [0.5, 0.6) is 5.75 Å². The second kappa shape index (κ2) is 7.64. The molecule has 1 aliphatic rings. The van der Waals surface area contributed by atoms with E-state index < -0.39 is 21.3 Å². The van der Waals surface area contributed by atoms with Crippen LogP contribution >= 0.6 is 0 Å². The fourth-order valence-corrected chi connectivity index (χ4v) is 5.21. The summed E-state index contributed by atoms with van der Waals surface area (Å²) in [5.74, 6) is 0.349. The standard InChI is InChI=1S/C24H26N2O4S/c1-15(2)17-9-11-21(30-4)19(14-17)24(12-13-24)23(27)26-31(28,29)22-7-5-6-20-18(22)10-8-16(3)25-20/h5-11,14-15H,12-13H2,1-4H3,(H,26,27). The molecule has 0 bridgehead atoms. The number of benzene rings is 2. The Labute approximate surface area is 182 Å². The van der Waals surface area contributed by atoms with E-state index in [2.05, 4.69) is 23.6 Å². The lowest BCUT2D eigenvalue weighted by Crippen LogP contribution is -2.39. The molecule has 2 aromatic carbocycles. The number of nitrogens with zero attached hydrogens (tertiary/aromatic N) is 1. The van der Waals surface area contributed by atoms with Gasteiger partial charge in [0, 0.05) is 16.6 Å². The van der Waals surface area contributed by atoms with Crippen molar-refractivity contribution >= 4 is 26.8 Å². The number of pyridine rings is 1. The SMILES string of the molecule is COc1ccc(C(C)C)cc1C1(C(=O)NS(=O)(=O)c2cccc3nc(C)ccc23)CC1. The highest BCUT2D eigenvalue weighted by Gasteiger charge is 2.54. The number of carbonyl (C=O) groups is 1. The third kappa shape index (κ3) is 3.78. The van der Waals surface area contributed by atoms with E-state index >= 15 is 0 Å². The Morgan fingerprint density at radius 1 is 1.13 bits per heavy atom. The van der Waals surface area contributed by atoms with Crippen molar-refractivity contribution in [2.45, 2.75) is 49.8 Å². The maximum Gasteiger partial charge on any atom is 0.264 e. The fraction of sp³-hybridized carbons (Fsp3) is 0.333. The number of aromatic nitrogens is 1. The average molecular weight is 439 g/mol. The molecule has 1 fully saturated rings. The Morgan fingerprint density at radius 2 is 1.87 bits per heavy atom. The quantitative estimate of drug-likeness (QED) is 0.623. The average Bonchev–Trinajstić information content (AvgIpc) is 3.54. The Balaban J connectivity index is 1.71. The number of hydrogen-bond acceptors (Lipinski definition) is 5. The van der Waals surface area contributed by atoms with Crippen molar-refractivity contribution in [3.8, 4) is 5.75 Å². The molecule has 0 unspecified atom stereocenters. The first-order valence-electron chi connectivity index (χ1n) is 10.3. The number of carbonyl (C=O) groups excluding carboxylic acids is 1. The molecular weight excluding hydrogens is 412 g/mol. The number of aryl methyl sites for hydroxylation is 1. The minimum absolute atomic E-state index is 0.0459. The van der Waals surface area contributed by atoms with Crippen molar-refractivity contribution in [1.29, 1.82) is 0 Å². The van der Waals surface area contributed by atoms with Crippen LogP contribution in [0.25, 0.3) is 10.9 Å². The van der Waals surface area contributed by atoms with Crippen molar-refractivity contribution in [2.75, 3.05) is 7.11 Å². The predicted molar refractivity (Wildman–Crippen MR) is 120 cm³/mol. The lowest BCUT2D eigenvalue weighted by atomic mass is 9.90. The Bertz CT molecular complexity index is 1280. The Morgan fingerprint density at radius 3 is 2.52 bits per heavy atom. The summed E-state index contributed by atoms with van der Waals surface area (Å²) in [6.07, 6.45) is 1.14. The van der Waals surface area contributed by atoms with Gasteiger partial charge in [-0.1, -0.05) is 32.0 Å². The number of fused-ring (bicyclic) bond motifs is 1.